The van der Waals surface area contributed by atoms with Crippen LogP contribution in [0, 0.1) is 5.92 Å². The molecule has 1 aliphatic heterocycles. The van der Waals surface area contributed by atoms with E-state index in [2.05, 4.69) is 27.5 Å². The molecule has 1 fully saturated rings. The number of aromatic nitrogens is 2. The van der Waals surface area contributed by atoms with Gasteiger partial charge < -0.3 is 15.5 Å². The van der Waals surface area contributed by atoms with Crippen LogP contribution in [0.25, 0.3) is 0 Å². The van der Waals surface area contributed by atoms with Crippen LogP contribution < -0.4 is 10.6 Å². The molecule has 3 rings (SSSR count). The highest BCUT2D eigenvalue weighted by atomic mass is 16.2. The maximum Gasteiger partial charge on any atom is 0.272 e. The zero-order chi connectivity index (χ0) is 18.5. The van der Waals surface area contributed by atoms with Crippen LogP contribution in [-0.4, -0.2) is 39.8 Å². The fraction of sp³-hybridized carbons (Fsp3) is 0.368. The Morgan fingerprint density at radius 1 is 1.12 bits per heavy atom. The summed E-state index contributed by atoms with van der Waals surface area (Å²) in [7, 11) is 0. The first-order valence-corrected chi connectivity index (χ1v) is 8.77. The molecule has 7 heteroatoms. The SMILES string of the molecule is CC(=O)Nc1cccc(Nc2cc(C(=O)N3CCC(C)CC3)ncn2)c1. The number of amides is 2. The third-order valence-corrected chi connectivity index (χ3v) is 4.41. The summed E-state index contributed by atoms with van der Waals surface area (Å²) in [5, 5.41) is 5.88. The van der Waals surface area contributed by atoms with Gasteiger partial charge in [0.2, 0.25) is 5.91 Å². The first kappa shape index (κ1) is 17.8. The highest BCUT2D eigenvalue weighted by molar-refractivity contribution is 5.93. The molecular formula is C19H23N5O2. The number of benzene rings is 1. The third-order valence-electron chi connectivity index (χ3n) is 4.41. The standard InChI is InChI=1S/C19H23N5O2/c1-13-6-8-24(9-7-13)19(26)17-11-18(21-12-20-17)23-16-5-3-4-15(10-16)22-14(2)25/h3-5,10-13H,6-9H2,1-2H3,(H,22,25)(H,20,21,23). The number of piperidine rings is 1. The maximum atomic E-state index is 12.6. The Morgan fingerprint density at radius 2 is 1.85 bits per heavy atom. The van der Waals surface area contributed by atoms with E-state index in [1.165, 1.54) is 13.3 Å². The minimum atomic E-state index is -0.132. The number of likely N-dealkylation sites (tertiary alicyclic amines) is 1. The van der Waals surface area contributed by atoms with Crippen molar-refractivity contribution in [2.24, 2.45) is 5.92 Å². The van der Waals surface area contributed by atoms with E-state index in [1.807, 2.05) is 17.0 Å². The zero-order valence-corrected chi connectivity index (χ0v) is 15.0. The van der Waals surface area contributed by atoms with Crippen molar-refractivity contribution in [3.63, 3.8) is 0 Å². The van der Waals surface area contributed by atoms with E-state index >= 15 is 0 Å². The van der Waals surface area contributed by atoms with Gasteiger partial charge >= 0.3 is 0 Å². The smallest absolute Gasteiger partial charge is 0.272 e. The van der Waals surface area contributed by atoms with Crippen molar-refractivity contribution in [3.8, 4) is 0 Å². The lowest BCUT2D eigenvalue weighted by molar-refractivity contribution is -0.114. The Labute approximate surface area is 152 Å². The lowest BCUT2D eigenvalue weighted by atomic mass is 9.99. The molecule has 0 aliphatic carbocycles. The highest BCUT2D eigenvalue weighted by Gasteiger charge is 2.22. The van der Waals surface area contributed by atoms with E-state index < -0.39 is 0 Å². The minimum absolute atomic E-state index is 0.0608. The van der Waals surface area contributed by atoms with E-state index in [0.29, 0.717) is 23.1 Å². The molecule has 2 aromatic rings. The van der Waals surface area contributed by atoms with Gasteiger partial charge in [0.15, 0.2) is 0 Å². The summed E-state index contributed by atoms with van der Waals surface area (Å²) in [6.45, 7) is 5.21. The quantitative estimate of drug-likeness (QED) is 0.882. The van der Waals surface area contributed by atoms with Gasteiger partial charge in [0.1, 0.15) is 17.8 Å². The first-order valence-electron chi connectivity index (χ1n) is 8.77. The van der Waals surface area contributed by atoms with Gasteiger partial charge in [-0.25, -0.2) is 9.97 Å². The van der Waals surface area contributed by atoms with Crippen molar-refractivity contribution in [3.05, 3.63) is 42.4 Å². The molecule has 0 saturated carbocycles. The maximum absolute atomic E-state index is 12.6. The van der Waals surface area contributed by atoms with Crippen LogP contribution in [0.15, 0.2) is 36.7 Å². The van der Waals surface area contributed by atoms with Crippen molar-refractivity contribution in [1.82, 2.24) is 14.9 Å². The first-order chi connectivity index (χ1) is 12.5. The van der Waals surface area contributed by atoms with Crippen LogP contribution >= 0.6 is 0 Å². The van der Waals surface area contributed by atoms with Crippen molar-refractivity contribution in [1.29, 1.82) is 0 Å². The summed E-state index contributed by atoms with van der Waals surface area (Å²) in [6.07, 6.45) is 3.44. The van der Waals surface area contributed by atoms with Crippen molar-refractivity contribution in [2.45, 2.75) is 26.7 Å². The third kappa shape index (κ3) is 4.56. The number of nitrogens with zero attached hydrogens (tertiary/aromatic N) is 3. The van der Waals surface area contributed by atoms with Gasteiger partial charge in [-0.1, -0.05) is 13.0 Å². The average Bonchev–Trinajstić information content (AvgIpc) is 2.62. The fourth-order valence-electron chi connectivity index (χ4n) is 2.94. The average molecular weight is 353 g/mol. The van der Waals surface area contributed by atoms with E-state index in [0.717, 1.165) is 31.6 Å². The van der Waals surface area contributed by atoms with Crippen LogP contribution in [0.4, 0.5) is 17.2 Å². The molecule has 2 heterocycles. The van der Waals surface area contributed by atoms with Gasteiger partial charge in [-0.15, -0.1) is 0 Å². The van der Waals surface area contributed by atoms with E-state index in [4.69, 9.17) is 0 Å². The number of carbonyl (C=O) groups is 2. The molecule has 136 valence electrons. The monoisotopic (exact) mass is 353 g/mol. The second kappa shape index (κ2) is 7.95. The molecule has 0 bridgehead atoms. The largest absolute Gasteiger partial charge is 0.340 e. The van der Waals surface area contributed by atoms with E-state index in [1.54, 1.807) is 18.2 Å². The van der Waals surface area contributed by atoms with Gasteiger partial charge in [-0.2, -0.15) is 0 Å². The lowest BCUT2D eigenvalue weighted by Gasteiger charge is -2.30. The molecule has 0 unspecified atom stereocenters. The molecule has 2 amide bonds. The van der Waals surface area contributed by atoms with Crippen molar-refractivity contribution < 1.29 is 9.59 Å². The molecule has 2 N–H and O–H groups in total. The summed E-state index contributed by atoms with van der Waals surface area (Å²) in [5.41, 5.74) is 1.84. The topological polar surface area (TPSA) is 87.2 Å². The number of anilines is 3. The van der Waals surface area contributed by atoms with Gasteiger partial charge in [0.05, 0.1) is 0 Å². The fourth-order valence-corrected chi connectivity index (χ4v) is 2.94. The lowest BCUT2D eigenvalue weighted by Crippen LogP contribution is -2.38. The zero-order valence-electron chi connectivity index (χ0n) is 15.0. The van der Waals surface area contributed by atoms with Crippen molar-refractivity contribution >= 4 is 29.0 Å². The van der Waals surface area contributed by atoms with Crippen LogP contribution in [0.1, 0.15) is 37.2 Å². The predicted octanol–water partition coefficient (Wildman–Crippen LogP) is 3.05. The molecule has 1 saturated heterocycles. The highest BCUT2D eigenvalue weighted by Crippen LogP contribution is 2.21. The van der Waals surface area contributed by atoms with Crippen LogP contribution in [-0.2, 0) is 4.79 Å². The molecule has 0 atom stereocenters. The number of hydrogen-bond acceptors (Lipinski definition) is 5. The molecule has 1 aromatic heterocycles. The molecule has 0 radical (unpaired) electrons. The Kier molecular flexibility index (Phi) is 5.46. The predicted molar refractivity (Wildman–Crippen MR) is 100 cm³/mol. The molecule has 1 aromatic carbocycles. The molecule has 1 aliphatic rings. The summed E-state index contributed by atoms with van der Waals surface area (Å²) in [5.74, 6) is 1.01. The summed E-state index contributed by atoms with van der Waals surface area (Å²) in [6, 6.07) is 8.96. The summed E-state index contributed by atoms with van der Waals surface area (Å²) >= 11 is 0. The minimum Gasteiger partial charge on any atom is -0.340 e. The second-order valence-corrected chi connectivity index (χ2v) is 6.65. The van der Waals surface area contributed by atoms with E-state index in [-0.39, 0.29) is 11.8 Å². The Balaban J connectivity index is 1.71. The number of rotatable bonds is 4. The second-order valence-electron chi connectivity index (χ2n) is 6.65. The molecular weight excluding hydrogens is 330 g/mol. The van der Waals surface area contributed by atoms with Gasteiger partial charge in [0.25, 0.3) is 5.91 Å². The van der Waals surface area contributed by atoms with Crippen LogP contribution in [0.2, 0.25) is 0 Å². The summed E-state index contributed by atoms with van der Waals surface area (Å²) < 4.78 is 0. The van der Waals surface area contributed by atoms with Crippen LogP contribution in [0.5, 0.6) is 0 Å². The van der Waals surface area contributed by atoms with Gasteiger partial charge in [-0.3, -0.25) is 9.59 Å². The number of carbonyl (C=O) groups excluding carboxylic acids is 2. The Hall–Kier alpha value is -2.96. The molecule has 26 heavy (non-hydrogen) atoms. The Bertz CT molecular complexity index is 800. The van der Waals surface area contributed by atoms with E-state index in [9.17, 15) is 9.59 Å². The van der Waals surface area contributed by atoms with Gasteiger partial charge in [0, 0.05) is 37.5 Å². The van der Waals surface area contributed by atoms with Crippen molar-refractivity contribution in [2.75, 3.05) is 23.7 Å². The molecule has 7 nitrogen and oxygen atoms in total. The Morgan fingerprint density at radius 3 is 2.58 bits per heavy atom. The van der Waals surface area contributed by atoms with Gasteiger partial charge in [-0.05, 0) is 37.0 Å². The normalized spacial score (nSPS) is 14.8. The van der Waals surface area contributed by atoms with Crippen LogP contribution in [0.3, 0.4) is 0 Å². The molecule has 0 spiro atoms. The number of nitrogens with one attached hydrogen (secondary N) is 2. The summed E-state index contributed by atoms with van der Waals surface area (Å²) in [4.78, 5) is 34.0. The number of hydrogen-bond donors (Lipinski definition) is 2.